The summed E-state index contributed by atoms with van der Waals surface area (Å²) in [6, 6.07) is 3.86. The molecule has 0 saturated carbocycles. The molecule has 2 aromatic heterocycles. The van der Waals surface area contributed by atoms with E-state index in [-0.39, 0.29) is 11.8 Å². The lowest BCUT2D eigenvalue weighted by atomic mass is 9.96. The highest BCUT2D eigenvalue weighted by Crippen LogP contribution is 2.22. The summed E-state index contributed by atoms with van der Waals surface area (Å²) in [7, 11) is 0. The summed E-state index contributed by atoms with van der Waals surface area (Å²) in [5.74, 6) is 2.01. The minimum atomic E-state index is 0.0498. The van der Waals surface area contributed by atoms with Crippen LogP contribution in [-0.2, 0) is 4.79 Å². The van der Waals surface area contributed by atoms with Crippen molar-refractivity contribution in [2.24, 2.45) is 10.9 Å². The van der Waals surface area contributed by atoms with Gasteiger partial charge in [-0.15, -0.1) is 15.3 Å². The van der Waals surface area contributed by atoms with E-state index >= 15 is 0 Å². The van der Waals surface area contributed by atoms with Gasteiger partial charge in [-0.25, -0.2) is 0 Å². The average Bonchev–Trinajstić information content (AvgIpc) is 3.25. The molecule has 120 valence electrons. The monoisotopic (exact) mass is 331 g/mol. The van der Waals surface area contributed by atoms with Crippen LogP contribution in [0.1, 0.15) is 12.8 Å². The van der Waals surface area contributed by atoms with E-state index in [1.807, 2.05) is 12.1 Å². The molecule has 2 aliphatic rings. The first-order chi connectivity index (χ1) is 11.3. The predicted octanol–water partition coefficient (Wildman–Crippen LogP) is 0.560. The maximum absolute atomic E-state index is 12.3. The lowest BCUT2D eigenvalue weighted by Gasteiger charge is -2.31. The normalized spacial score (nSPS) is 19.1. The van der Waals surface area contributed by atoms with Crippen LogP contribution >= 0.6 is 11.8 Å². The number of rotatable bonds is 2. The molecule has 1 amide bonds. The van der Waals surface area contributed by atoms with Crippen LogP contribution in [0.2, 0.25) is 0 Å². The lowest BCUT2D eigenvalue weighted by molar-refractivity contribution is -0.124. The summed E-state index contributed by atoms with van der Waals surface area (Å²) in [6.07, 6.45) is 3.25. The Morgan fingerprint density at radius 3 is 2.96 bits per heavy atom. The second-order valence-electron chi connectivity index (χ2n) is 5.61. The maximum Gasteiger partial charge on any atom is 0.229 e. The van der Waals surface area contributed by atoms with Crippen LogP contribution in [0.15, 0.2) is 23.5 Å². The third-order valence-electron chi connectivity index (χ3n) is 4.15. The zero-order valence-corrected chi connectivity index (χ0v) is 13.4. The number of amides is 1. The van der Waals surface area contributed by atoms with E-state index in [4.69, 9.17) is 0 Å². The van der Waals surface area contributed by atoms with Gasteiger partial charge in [-0.3, -0.25) is 9.79 Å². The molecule has 2 aromatic rings. The second kappa shape index (κ2) is 6.15. The molecule has 23 heavy (non-hydrogen) atoms. The molecule has 9 heteroatoms. The molecule has 0 aliphatic carbocycles. The van der Waals surface area contributed by atoms with Crippen molar-refractivity contribution in [2.75, 3.05) is 30.3 Å². The van der Waals surface area contributed by atoms with Crippen molar-refractivity contribution in [2.45, 2.75) is 12.8 Å². The van der Waals surface area contributed by atoms with Crippen molar-refractivity contribution < 1.29 is 4.79 Å². The molecule has 0 atom stereocenters. The van der Waals surface area contributed by atoms with Gasteiger partial charge in [0.1, 0.15) is 12.1 Å². The smallest absolute Gasteiger partial charge is 0.229 e. The molecule has 0 bridgehead atoms. The van der Waals surface area contributed by atoms with Crippen LogP contribution in [0.4, 0.5) is 5.82 Å². The highest BCUT2D eigenvalue weighted by molar-refractivity contribution is 8.14. The summed E-state index contributed by atoms with van der Waals surface area (Å²) in [6.45, 7) is 2.44. The van der Waals surface area contributed by atoms with Gasteiger partial charge in [-0.1, -0.05) is 11.8 Å². The Morgan fingerprint density at radius 2 is 2.17 bits per heavy atom. The van der Waals surface area contributed by atoms with E-state index in [1.54, 1.807) is 22.6 Å². The minimum Gasteiger partial charge on any atom is -0.355 e. The number of hydrogen-bond acceptors (Lipinski definition) is 7. The standard InChI is InChI=1S/C14H17N7OS/c22-13(17-14-15-5-8-23-14)10-3-6-20(7-4-10)12-2-1-11-18-16-9-21(11)19-12/h1-2,9-10H,3-8H2,(H,15,17,22). The van der Waals surface area contributed by atoms with Gasteiger partial charge in [0.15, 0.2) is 10.8 Å². The van der Waals surface area contributed by atoms with Gasteiger partial charge in [-0.2, -0.15) is 4.52 Å². The molecule has 2 aliphatic heterocycles. The number of thioether (sulfide) groups is 1. The van der Waals surface area contributed by atoms with E-state index in [2.05, 4.69) is 30.5 Å². The van der Waals surface area contributed by atoms with Crippen LogP contribution in [0.5, 0.6) is 0 Å². The molecule has 1 fully saturated rings. The van der Waals surface area contributed by atoms with Crippen LogP contribution in [0.25, 0.3) is 5.65 Å². The van der Waals surface area contributed by atoms with Crippen molar-refractivity contribution in [3.63, 3.8) is 0 Å². The maximum atomic E-state index is 12.3. The average molecular weight is 331 g/mol. The Kier molecular flexibility index (Phi) is 3.86. The largest absolute Gasteiger partial charge is 0.355 e. The number of hydrogen-bond donors (Lipinski definition) is 1. The molecule has 1 saturated heterocycles. The van der Waals surface area contributed by atoms with Crippen molar-refractivity contribution in [3.05, 3.63) is 18.5 Å². The fourth-order valence-corrected chi connectivity index (χ4v) is 3.61. The Labute approximate surface area is 137 Å². The molecular formula is C14H17N7OS. The highest BCUT2D eigenvalue weighted by Gasteiger charge is 2.27. The summed E-state index contributed by atoms with van der Waals surface area (Å²) in [4.78, 5) is 18.7. The first-order valence-corrected chi connectivity index (χ1v) is 8.68. The Balaban J connectivity index is 1.37. The van der Waals surface area contributed by atoms with Crippen molar-refractivity contribution in [1.29, 1.82) is 0 Å². The zero-order valence-electron chi connectivity index (χ0n) is 12.6. The minimum absolute atomic E-state index is 0.0498. The molecular weight excluding hydrogens is 314 g/mol. The fraction of sp³-hybridized carbons (Fsp3) is 0.500. The van der Waals surface area contributed by atoms with Gasteiger partial charge in [0, 0.05) is 24.8 Å². The van der Waals surface area contributed by atoms with Gasteiger partial charge in [0.2, 0.25) is 5.91 Å². The molecule has 4 heterocycles. The molecule has 0 spiro atoms. The van der Waals surface area contributed by atoms with E-state index in [9.17, 15) is 4.79 Å². The number of nitrogens with zero attached hydrogens (tertiary/aromatic N) is 6. The third-order valence-corrected chi connectivity index (χ3v) is 5.04. The summed E-state index contributed by atoms with van der Waals surface area (Å²) < 4.78 is 1.67. The summed E-state index contributed by atoms with van der Waals surface area (Å²) >= 11 is 1.62. The SMILES string of the molecule is O=C(NC1=NCCS1)C1CCN(c2ccc3nncn3n2)CC1. The zero-order chi connectivity index (χ0) is 15.6. The van der Waals surface area contributed by atoms with Gasteiger partial charge >= 0.3 is 0 Å². The van der Waals surface area contributed by atoms with Gasteiger partial charge in [-0.05, 0) is 25.0 Å². The lowest BCUT2D eigenvalue weighted by Crippen LogP contribution is -2.42. The second-order valence-corrected chi connectivity index (χ2v) is 6.69. The van der Waals surface area contributed by atoms with Crippen molar-refractivity contribution in [3.8, 4) is 0 Å². The molecule has 0 unspecified atom stereocenters. The number of carbonyl (C=O) groups is 1. The van der Waals surface area contributed by atoms with E-state index in [1.165, 1.54) is 0 Å². The van der Waals surface area contributed by atoms with Gasteiger partial charge in [0.25, 0.3) is 0 Å². The molecule has 8 nitrogen and oxygen atoms in total. The van der Waals surface area contributed by atoms with Crippen LogP contribution < -0.4 is 10.2 Å². The Hall–Kier alpha value is -2.16. The number of aliphatic imine (C=N–C) groups is 1. The van der Waals surface area contributed by atoms with Crippen LogP contribution in [-0.4, -0.2) is 56.3 Å². The number of amidine groups is 1. The number of nitrogens with one attached hydrogen (secondary N) is 1. The fourth-order valence-electron chi connectivity index (χ4n) is 2.88. The van der Waals surface area contributed by atoms with Crippen LogP contribution in [0, 0.1) is 5.92 Å². The van der Waals surface area contributed by atoms with E-state index in [0.717, 1.165) is 54.9 Å². The molecule has 1 N–H and O–H groups in total. The third kappa shape index (κ3) is 3.00. The number of piperidine rings is 1. The molecule has 4 rings (SSSR count). The van der Waals surface area contributed by atoms with Crippen LogP contribution in [0.3, 0.4) is 0 Å². The Morgan fingerprint density at radius 1 is 1.30 bits per heavy atom. The van der Waals surface area contributed by atoms with Crippen molar-refractivity contribution in [1.82, 2.24) is 25.1 Å². The van der Waals surface area contributed by atoms with Gasteiger partial charge in [0.05, 0.1) is 6.54 Å². The van der Waals surface area contributed by atoms with E-state index < -0.39 is 0 Å². The van der Waals surface area contributed by atoms with E-state index in [0.29, 0.717) is 0 Å². The Bertz CT molecular complexity index is 750. The summed E-state index contributed by atoms with van der Waals surface area (Å²) in [5.41, 5.74) is 0.734. The molecule has 0 aromatic carbocycles. The number of aromatic nitrogens is 4. The quantitative estimate of drug-likeness (QED) is 0.865. The summed E-state index contributed by atoms with van der Waals surface area (Å²) in [5, 5.41) is 16.0. The number of anilines is 1. The topological polar surface area (TPSA) is 87.8 Å². The molecule has 0 radical (unpaired) electrons. The highest BCUT2D eigenvalue weighted by atomic mass is 32.2. The predicted molar refractivity (Wildman–Crippen MR) is 88.6 cm³/mol. The van der Waals surface area contributed by atoms with Crippen molar-refractivity contribution >= 4 is 34.3 Å². The number of fused-ring (bicyclic) bond motifs is 1. The first kappa shape index (κ1) is 14.4. The number of carbonyl (C=O) groups excluding carboxylic acids is 1. The first-order valence-electron chi connectivity index (χ1n) is 7.70. The van der Waals surface area contributed by atoms with Gasteiger partial charge < -0.3 is 10.2 Å².